The van der Waals surface area contributed by atoms with Gasteiger partial charge in [-0.15, -0.1) is 11.3 Å². The van der Waals surface area contributed by atoms with E-state index in [-0.39, 0.29) is 5.78 Å². The van der Waals surface area contributed by atoms with Crippen molar-refractivity contribution in [3.63, 3.8) is 0 Å². The van der Waals surface area contributed by atoms with E-state index in [4.69, 9.17) is 11.6 Å². The average Bonchev–Trinajstić information content (AvgIpc) is 2.61. The van der Waals surface area contributed by atoms with Crippen LogP contribution >= 0.6 is 38.9 Å². The number of carbonyl (C=O) groups excluding carboxylic acids is 1. The van der Waals surface area contributed by atoms with Crippen LogP contribution in [-0.2, 0) is 0 Å². The van der Waals surface area contributed by atoms with Gasteiger partial charge in [-0.3, -0.25) is 4.79 Å². The van der Waals surface area contributed by atoms with Gasteiger partial charge in [0.05, 0.1) is 9.90 Å². The van der Waals surface area contributed by atoms with Gasteiger partial charge in [-0.2, -0.15) is 0 Å². The van der Waals surface area contributed by atoms with Gasteiger partial charge in [0, 0.05) is 14.9 Å². The van der Waals surface area contributed by atoms with Gasteiger partial charge in [0.2, 0.25) is 5.78 Å². The summed E-state index contributed by atoms with van der Waals surface area (Å²) < 4.78 is 0.746. The van der Waals surface area contributed by atoms with E-state index in [0.29, 0.717) is 10.6 Å². The summed E-state index contributed by atoms with van der Waals surface area (Å²) in [5.74, 6) is -0.00750. The maximum atomic E-state index is 12.4. The standard InChI is InChI=1S/C13H10BrClOS/c1-7-6-8(2)17-13(7)12(16)9-4-3-5-10(14)11(9)15/h3-6H,1-2H3. The summed E-state index contributed by atoms with van der Waals surface area (Å²) in [5, 5.41) is 0.475. The summed E-state index contributed by atoms with van der Waals surface area (Å²) in [6.45, 7) is 3.94. The highest BCUT2D eigenvalue weighted by Crippen LogP contribution is 2.30. The van der Waals surface area contributed by atoms with E-state index < -0.39 is 0 Å². The van der Waals surface area contributed by atoms with Crippen LogP contribution in [0.2, 0.25) is 5.02 Å². The zero-order valence-electron chi connectivity index (χ0n) is 9.38. The zero-order valence-corrected chi connectivity index (χ0v) is 12.5. The highest BCUT2D eigenvalue weighted by Gasteiger charge is 2.18. The van der Waals surface area contributed by atoms with Crippen LogP contribution in [0.4, 0.5) is 0 Å². The number of rotatable bonds is 2. The Morgan fingerprint density at radius 3 is 2.65 bits per heavy atom. The van der Waals surface area contributed by atoms with Crippen molar-refractivity contribution in [3.8, 4) is 0 Å². The third kappa shape index (κ3) is 2.46. The molecule has 0 unspecified atom stereocenters. The third-order valence-corrected chi connectivity index (χ3v) is 4.89. The van der Waals surface area contributed by atoms with Crippen molar-refractivity contribution in [3.05, 3.63) is 54.6 Å². The second-order valence-corrected chi connectivity index (χ2v) is 6.29. The van der Waals surface area contributed by atoms with E-state index in [1.165, 1.54) is 11.3 Å². The Morgan fingerprint density at radius 1 is 1.35 bits per heavy atom. The Kier molecular flexibility index (Phi) is 3.71. The molecule has 0 atom stereocenters. The molecule has 0 saturated heterocycles. The topological polar surface area (TPSA) is 17.1 Å². The Hall–Kier alpha value is -0.640. The molecule has 1 heterocycles. The maximum Gasteiger partial charge on any atom is 0.204 e. The molecule has 88 valence electrons. The molecular formula is C13H10BrClOS. The predicted octanol–water partition coefficient (Wildman–Crippen LogP) is 5.01. The molecule has 0 bridgehead atoms. The van der Waals surface area contributed by atoms with Gasteiger partial charge in [-0.25, -0.2) is 0 Å². The van der Waals surface area contributed by atoms with Crippen molar-refractivity contribution in [1.29, 1.82) is 0 Å². The second kappa shape index (κ2) is 4.92. The lowest BCUT2D eigenvalue weighted by Crippen LogP contribution is -2.01. The Bertz CT molecular complexity index is 589. The molecule has 0 radical (unpaired) electrons. The van der Waals surface area contributed by atoms with Crippen LogP contribution < -0.4 is 0 Å². The molecule has 1 aromatic heterocycles. The summed E-state index contributed by atoms with van der Waals surface area (Å²) in [7, 11) is 0. The van der Waals surface area contributed by atoms with Crippen LogP contribution in [0.1, 0.15) is 25.7 Å². The van der Waals surface area contributed by atoms with Crippen LogP contribution in [0, 0.1) is 13.8 Å². The molecular weight excluding hydrogens is 320 g/mol. The second-order valence-electron chi connectivity index (χ2n) is 3.80. The lowest BCUT2D eigenvalue weighted by Gasteiger charge is -2.04. The fraction of sp³-hybridized carbons (Fsp3) is 0.154. The first-order chi connectivity index (χ1) is 8.00. The maximum absolute atomic E-state index is 12.4. The molecule has 1 nitrogen and oxygen atoms in total. The molecule has 0 spiro atoms. The van der Waals surface area contributed by atoms with Crippen molar-refractivity contribution >= 4 is 44.7 Å². The van der Waals surface area contributed by atoms with E-state index in [0.717, 1.165) is 19.8 Å². The van der Waals surface area contributed by atoms with Crippen molar-refractivity contribution in [2.75, 3.05) is 0 Å². The summed E-state index contributed by atoms with van der Waals surface area (Å²) in [4.78, 5) is 14.3. The van der Waals surface area contributed by atoms with Crippen LogP contribution in [0.25, 0.3) is 0 Å². The number of carbonyl (C=O) groups is 1. The molecule has 2 aromatic rings. The highest BCUT2D eigenvalue weighted by molar-refractivity contribution is 9.10. The van der Waals surface area contributed by atoms with Gasteiger partial charge in [0.25, 0.3) is 0 Å². The number of halogens is 2. The molecule has 17 heavy (non-hydrogen) atoms. The first kappa shape index (κ1) is 12.8. The molecule has 4 heteroatoms. The minimum absolute atomic E-state index is 0.00750. The van der Waals surface area contributed by atoms with Gasteiger partial charge in [0.1, 0.15) is 0 Å². The number of ketones is 1. The average molecular weight is 330 g/mol. The Balaban J connectivity index is 2.51. The summed E-state index contributed by atoms with van der Waals surface area (Å²) in [6.07, 6.45) is 0. The van der Waals surface area contributed by atoms with E-state index in [9.17, 15) is 4.79 Å². The van der Waals surface area contributed by atoms with Gasteiger partial charge >= 0.3 is 0 Å². The molecule has 2 rings (SSSR count). The van der Waals surface area contributed by atoms with Crippen molar-refractivity contribution in [2.24, 2.45) is 0 Å². The molecule has 0 aliphatic carbocycles. The van der Waals surface area contributed by atoms with Gasteiger partial charge in [-0.1, -0.05) is 17.7 Å². The first-order valence-corrected chi connectivity index (χ1v) is 7.05. The number of aryl methyl sites for hydroxylation is 2. The predicted molar refractivity (Wildman–Crippen MR) is 76.4 cm³/mol. The zero-order chi connectivity index (χ0) is 12.6. The Morgan fingerprint density at radius 2 is 2.06 bits per heavy atom. The fourth-order valence-electron chi connectivity index (χ4n) is 1.67. The third-order valence-electron chi connectivity index (χ3n) is 2.44. The Labute approximate surface area is 118 Å². The lowest BCUT2D eigenvalue weighted by atomic mass is 10.1. The van der Waals surface area contributed by atoms with E-state index >= 15 is 0 Å². The van der Waals surface area contributed by atoms with Gasteiger partial charge in [0.15, 0.2) is 0 Å². The number of thiophene rings is 1. The van der Waals surface area contributed by atoms with Crippen molar-refractivity contribution < 1.29 is 4.79 Å². The number of hydrogen-bond donors (Lipinski definition) is 0. The van der Waals surface area contributed by atoms with Gasteiger partial charge < -0.3 is 0 Å². The van der Waals surface area contributed by atoms with E-state index in [2.05, 4.69) is 15.9 Å². The van der Waals surface area contributed by atoms with Crippen molar-refractivity contribution in [1.82, 2.24) is 0 Å². The molecule has 0 N–H and O–H groups in total. The lowest BCUT2D eigenvalue weighted by molar-refractivity contribution is 0.104. The molecule has 0 saturated carbocycles. The molecule has 0 aliphatic rings. The van der Waals surface area contributed by atoms with Crippen LogP contribution in [-0.4, -0.2) is 5.78 Å². The first-order valence-electron chi connectivity index (χ1n) is 5.06. The quantitative estimate of drug-likeness (QED) is 0.708. The minimum Gasteiger partial charge on any atom is -0.288 e. The SMILES string of the molecule is Cc1cc(C)c(C(=O)c2cccc(Br)c2Cl)s1. The fourth-order valence-corrected chi connectivity index (χ4v) is 3.23. The highest BCUT2D eigenvalue weighted by atomic mass is 79.9. The van der Waals surface area contributed by atoms with Crippen LogP contribution in [0.15, 0.2) is 28.7 Å². The number of benzene rings is 1. The summed E-state index contributed by atoms with van der Waals surface area (Å²) in [5.41, 5.74) is 1.56. The minimum atomic E-state index is -0.00750. The largest absolute Gasteiger partial charge is 0.288 e. The monoisotopic (exact) mass is 328 g/mol. The summed E-state index contributed by atoms with van der Waals surface area (Å²) >= 11 is 11.0. The molecule has 1 aromatic carbocycles. The van der Waals surface area contributed by atoms with Crippen molar-refractivity contribution in [2.45, 2.75) is 13.8 Å². The van der Waals surface area contributed by atoms with E-state index in [1.807, 2.05) is 32.0 Å². The van der Waals surface area contributed by atoms with Crippen LogP contribution in [0.3, 0.4) is 0 Å². The normalized spacial score (nSPS) is 10.6. The van der Waals surface area contributed by atoms with Gasteiger partial charge in [-0.05, 0) is 53.5 Å². The van der Waals surface area contributed by atoms with Crippen LogP contribution in [0.5, 0.6) is 0 Å². The smallest absolute Gasteiger partial charge is 0.204 e. The molecule has 0 aliphatic heterocycles. The molecule has 0 fully saturated rings. The molecule has 0 amide bonds. The number of hydrogen-bond acceptors (Lipinski definition) is 2. The summed E-state index contributed by atoms with van der Waals surface area (Å²) in [6, 6.07) is 7.42. The van der Waals surface area contributed by atoms with E-state index in [1.54, 1.807) is 6.07 Å².